The summed E-state index contributed by atoms with van der Waals surface area (Å²) >= 11 is 1.69. The highest BCUT2D eigenvalue weighted by atomic mass is 127. The van der Waals surface area contributed by atoms with Crippen molar-refractivity contribution in [2.45, 2.75) is 51.6 Å². The number of aromatic nitrogens is 3. The van der Waals surface area contributed by atoms with Crippen LogP contribution in [0.2, 0.25) is 0 Å². The number of rotatable bonds is 5. The van der Waals surface area contributed by atoms with Gasteiger partial charge in [-0.2, -0.15) is 5.10 Å². The first-order chi connectivity index (χ1) is 11.7. The maximum Gasteiger partial charge on any atom is 0.191 e. The van der Waals surface area contributed by atoms with Crippen molar-refractivity contribution in [1.82, 2.24) is 25.4 Å². The molecule has 6 nitrogen and oxygen atoms in total. The summed E-state index contributed by atoms with van der Waals surface area (Å²) in [5, 5.41) is 14.8. The molecule has 138 valence electrons. The van der Waals surface area contributed by atoms with Gasteiger partial charge in [-0.3, -0.25) is 9.67 Å². The molecule has 0 saturated heterocycles. The SMILES string of the molecule is CN=C(NCCc1nccs1)NC1CCc2cn(C(C)C)nc2C1.I. The lowest BCUT2D eigenvalue weighted by Gasteiger charge is -2.24. The molecule has 0 aliphatic heterocycles. The Morgan fingerprint density at radius 2 is 2.32 bits per heavy atom. The highest BCUT2D eigenvalue weighted by Crippen LogP contribution is 2.21. The number of fused-ring (bicyclic) bond motifs is 1. The van der Waals surface area contributed by atoms with Crippen LogP contribution in [0.25, 0.3) is 0 Å². The average Bonchev–Trinajstić information content (AvgIpc) is 3.22. The van der Waals surface area contributed by atoms with Gasteiger partial charge in [0.2, 0.25) is 0 Å². The number of hydrogen-bond donors (Lipinski definition) is 2. The number of nitrogens with zero attached hydrogens (tertiary/aromatic N) is 4. The lowest BCUT2D eigenvalue weighted by atomic mass is 9.94. The smallest absolute Gasteiger partial charge is 0.191 e. The van der Waals surface area contributed by atoms with Gasteiger partial charge in [0.25, 0.3) is 0 Å². The number of aryl methyl sites for hydroxylation is 1. The Bertz CT molecular complexity index is 679. The van der Waals surface area contributed by atoms with Crippen LogP contribution in [0.4, 0.5) is 0 Å². The first-order valence-electron chi connectivity index (χ1n) is 8.58. The molecule has 0 saturated carbocycles. The van der Waals surface area contributed by atoms with Crippen molar-refractivity contribution in [3.05, 3.63) is 34.0 Å². The topological polar surface area (TPSA) is 67.1 Å². The van der Waals surface area contributed by atoms with Crippen molar-refractivity contribution < 1.29 is 0 Å². The largest absolute Gasteiger partial charge is 0.356 e. The Balaban J connectivity index is 0.00000225. The molecule has 1 atom stereocenters. The van der Waals surface area contributed by atoms with E-state index in [0.29, 0.717) is 12.1 Å². The molecular weight excluding hydrogens is 447 g/mol. The maximum absolute atomic E-state index is 4.74. The number of halogens is 1. The van der Waals surface area contributed by atoms with Crippen molar-refractivity contribution >= 4 is 41.3 Å². The van der Waals surface area contributed by atoms with Gasteiger partial charge in [0, 0.05) is 56.3 Å². The Labute approximate surface area is 170 Å². The van der Waals surface area contributed by atoms with Crippen molar-refractivity contribution in [2.75, 3.05) is 13.6 Å². The van der Waals surface area contributed by atoms with Crippen LogP contribution in [0.3, 0.4) is 0 Å². The van der Waals surface area contributed by atoms with Gasteiger partial charge in [-0.25, -0.2) is 4.98 Å². The van der Waals surface area contributed by atoms with Crippen molar-refractivity contribution in [1.29, 1.82) is 0 Å². The van der Waals surface area contributed by atoms with Crippen molar-refractivity contribution in [3.8, 4) is 0 Å². The first-order valence-corrected chi connectivity index (χ1v) is 9.46. The molecule has 0 fully saturated rings. The maximum atomic E-state index is 4.74. The van der Waals surface area contributed by atoms with Crippen molar-refractivity contribution in [3.63, 3.8) is 0 Å². The van der Waals surface area contributed by atoms with Crippen LogP contribution in [0, 0.1) is 0 Å². The molecule has 0 spiro atoms. The van der Waals surface area contributed by atoms with Crippen LogP contribution in [-0.2, 0) is 19.3 Å². The fraction of sp³-hybridized carbons (Fsp3) is 0.588. The van der Waals surface area contributed by atoms with Gasteiger partial charge in [0.05, 0.1) is 10.7 Å². The molecule has 0 bridgehead atoms. The summed E-state index contributed by atoms with van der Waals surface area (Å²) in [4.78, 5) is 8.65. The summed E-state index contributed by atoms with van der Waals surface area (Å²) in [5.74, 6) is 0.864. The third-order valence-corrected chi connectivity index (χ3v) is 5.14. The van der Waals surface area contributed by atoms with E-state index in [0.717, 1.165) is 43.2 Å². The van der Waals surface area contributed by atoms with E-state index >= 15 is 0 Å². The fourth-order valence-corrected chi connectivity index (χ4v) is 3.57. The Morgan fingerprint density at radius 1 is 1.48 bits per heavy atom. The van der Waals surface area contributed by atoms with Gasteiger partial charge in [-0.05, 0) is 32.3 Å². The summed E-state index contributed by atoms with van der Waals surface area (Å²) < 4.78 is 2.08. The third-order valence-electron chi connectivity index (χ3n) is 4.31. The Morgan fingerprint density at radius 3 is 3.00 bits per heavy atom. The molecule has 1 aliphatic carbocycles. The molecule has 8 heteroatoms. The summed E-state index contributed by atoms with van der Waals surface area (Å²) in [6.07, 6.45) is 8.13. The van der Waals surface area contributed by atoms with E-state index in [1.165, 1.54) is 11.3 Å². The van der Waals surface area contributed by atoms with E-state index in [1.54, 1.807) is 11.3 Å². The highest BCUT2D eigenvalue weighted by Gasteiger charge is 2.22. The number of aliphatic imine (C=N–C) groups is 1. The number of nitrogens with one attached hydrogen (secondary N) is 2. The minimum absolute atomic E-state index is 0. The van der Waals surface area contributed by atoms with Crippen LogP contribution in [0.1, 0.15) is 42.6 Å². The highest BCUT2D eigenvalue weighted by molar-refractivity contribution is 14.0. The number of hydrogen-bond acceptors (Lipinski definition) is 4. The number of guanidine groups is 1. The van der Waals surface area contributed by atoms with E-state index in [-0.39, 0.29) is 24.0 Å². The van der Waals surface area contributed by atoms with Crippen LogP contribution >= 0.6 is 35.3 Å². The molecule has 1 unspecified atom stereocenters. The second-order valence-corrected chi connectivity index (χ2v) is 7.41. The summed E-state index contributed by atoms with van der Waals surface area (Å²) in [5.41, 5.74) is 2.62. The lowest BCUT2D eigenvalue weighted by Crippen LogP contribution is -2.46. The van der Waals surface area contributed by atoms with Gasteiger partial charge in [-0.1, -0.05) is 0 Å². The summed E-state index contributed by atoms with van der Waals surface area (Å²) in [6, 6.07) is 0.807. The summed E-state index contributed by atoms with van der Waals surface area (Å²) in [6.45, 7) is 5.18. The molecule has 2 aromatic heterocycles. The minimum Gasteiger partial charge on any atom is -0.356 e. The van der Waals surface area contributed by atoms with Gasteiger partial charge >= 0.3 is 0 Å². The van der Waals surface area contributed by atoms with E-state index in [1.807, 2.05) is 18.6 Å². The van der Waals surface area contributed by atoms with Crippen LogP contribution < -0.4 is 10.6 Å². The zero-order valence-corrected chi connectivity index (χ0v) is 18.2. The predicted molar refractivity (Wildman–Crippen MR) is 114 cm³/mol. The average molecular weight is 474 g/mol. The molecule has 2 aromatic rings. The second-order valence-electron chi connectivity index (χ2n) is 6.43. The van der Waals surface area contributed by atoms with Gasteiger partial charge < -0.3 is 10.6 Å². The molecule has 2 heterocycles. The monoisotopic (exact) mass is 474 g/mol. The Hall–Kier alpha value is -1.16. The third kappa shape index (κ3) is 5.40. The minimum atomic E-state index is 0. The van der Waals surface area contributed by atoms with Gasteiger partial charge in [0.1, 0.15) is 0 Å². The molecule has 0 radical (unpaired) electrons. The molecule has 2 N–H and O–H groups in total. The standard InChI is InChI=1S/C17H26N6S.HI/c1-12(2)23-11-13-4-5-14(10-15(13)22-23)21-17(18-3)20-7-6-16-19-8-9-24-16;/h8-9,11-12,14H,4-7,10H2,1-3H3,(H2,18,20,21);1H. The quantitative estimate of drug-likeness (QED) is 0.398. The molecule has 1 aliphatic rings. The van der Waals surface area contributed by atoms with Crippen LogP contribution in [-0.4, -0.2) is 40.4 Å². The number of thiazole rings is 1. The van der Waals surface area contributed by atoms with E-state index in [2.05, 4.69) is 45.3 Å². The molecule has 0 aromatic carbocycles. The zero-order valence-electron chi connectivity index (χ0n) is 15.0. The molecule has 0 amide bonds. The molecular formula is C17H27IN6S. The summed E-state index contributed by atoms with van der Waals surface area (Å²) in [7, 11) is 1.82. The normalized spacial score (nSPS) is 17.1. The lowest BCUT2D eigenvalue weighted by molar-refractivity contribution is 0.499. The predicted octanol–water partition coefficient (Wildman–Crippen LogP) is 2.80. The fourth-order valence-electron chi connectivity index (χ4n) is 2.95. The zero-order chi connectivity index (χ0) is 16.9. The van der Waals surface area contributed by atoms with Crippen LogP contribution in [0.5, 0.6) is 0 Å². The van der Waals surface area contributed by atoms with E-state index < -0.39 is 0 Å². The Kier molecular flexibility index (Phi) is 7.67. The molecule has 3 rings (SSSR count). The molecule has 25 heavy (non-hydrogen) atoms. The van der Waals surface area contributed by atoms with E-state index in [9.17, 15) is 0 Å². The first kappa shape index (κ1) is 20.2. The van der Waals surface area contributed by atoms with Crippen molar-refractivity contribution in [2.24, 2.45) is 4.99 Å². The second kappa shape index (κ2) is 9.51. The van der Waals surface area contributed by atoms with Crippen LogP contribution in [0.15, 0.2) is 22.8 Å². The van der Waals surface area contributed by atoms with Gasteiger partial charge in [0.15, 0.2) is 5.96 Å². The van der Waals surface area contributed by atoms with Gasteiger partial charge in [-0.15, -0.1) is 35.3 Å². The van der Waals surface area contributed by atoms with E-state index in [4.69, 9.17) is 5.10 Å².